The number of aromatic nitrogens is 1. The van der Waals surface area contributed by atoms with E-state index in [2.05, 4.69) is 4.98 Å². The third kappa shape index (κ3) is 5.72. The Morgan fingerprint density at radius 1 is 1.05 bits per heavy atom. The molecule has 7 nitrogen and oxygen atoms in total. The van der Waals surface area contributed by atoms with E-state index in [9.17, 15) is 9.18 Å². The number of amides is 1. The Balaban J connectivity index is 0.00000320. The zero-order valence-electron chi connectivity index (χ0n) is 20.0. The van der Waals surface area contributed by atoms with Crippen molar-refractivity contribution in [3.8, 4) is 11.5 Å². The van der Waals surface area contributed by atoms with Crippen LogP contribution in [-0.4, -0.2) is 46.3 Å². The Morgan fingerprint density at radius 2 is 1.78 bits per heavy atom. The van der Waals surface area contributed by atoms with Gasteiger partial charge in [0, 0.05) is 34.8 Å². The first kappa shape index (κ1) is 26.5. The molecule has 1 atom stereocenters. The number of benzene rings is 3. The molecule has 2 heterocycles. The highest BCUT2D eigenvalue weighted by Crippen LogP contribution is 2.40. The molecule has 4 N–H and O–H groups in total. The number of rotatable bonds is 7. The normalized spacial score (nSPS) is 14.7. The number of ether oxygens (including phenoxy) is 2. The summed E-state index contributed by atoms with van der Waals surface area (Å²) in [5, 5.41) is 10.6. The van der Waals surface area contributed by atoms with Crippen LogP contribution in [0.15, 0.2) is 66.7 Å². The van der Waals surface area contributed by atoms with Crippen LogP contribution in [0.1, 0.15) is 35.7 Å². The van der Waals surface area contributed by atoms with Crippen molar-refractivity contribution in [2.24, 2.45) is 0 Å². The van der Waals surface area contributed by atoms with Gasteiger partial charge in [-0.25, -0.2) is 9.18 Å². The molecule has 0 spiro atoms. The van der Waals surface area contributed by atoms with Gasteiger partial charge in [0.05, 0.1) is 6.61 Å². The number of aliphatic hydroxyl groups is 1. The van der Waals surface area contributed by atoms with E-state index in [1.807, 2.05) is 42.5 Å². The van der Waals surface area contributed by atoms with Gasteiger partial charge in [0.1, 0.15) is 23.4 Å². The van der Waals surface area contributed by atoms with E-state index in [0.717, 1.165) is 39.9 Å². The highest BCUT2D eigenvalue weighted by molar-refractivity contribution is 6.31. The first-order chi connectivity index (χ1) is 17.5. The molecule has 0 fully saturated rings. The summed E-state index contributed by atoms with van der Waals surface area (Å²) in [6.45, 7) is 1.11. The molecule has 1 aliphatic heterocycles. The summed E-state index contributed by atoms with van der Waals surface area (Å²) in [6, 6.07) is 18.3. The molecular formula is C28H28ClFN2O5. The van der Waals surface area contributed by atoms with Gasteiger partial charge in [-0.15, -0.1) is 0 Å². The Morgan fingerprint density at radius 3 is 2.51 bits per heavy atom. The maximum absolute atomic E-state index is 13.3. The average molecular weight is 527 g/mol. The minimum atomic E-state index is -0.515. The quantitative estimate of drug-likeness (QED) is 0.313. The van der Waals surface area contributed by atoms with Crippen LogP contribution in [0.3, 0.4) is 0 Å². The molecule has 0 radical (unpaired) electrons. The molecule has 5 rings (SSSR count). The Kier molecular flexibility index (Phi) is 8.33. The molecule has 0 unspecified atom stereocenters. The summed E-state index contributed by atoms with van der Waals surface area (Å²) in [4.78, 5) is 18.5. The van der Waals surface area contributed by atoms with E-state index >= 15 is 0 Å². The minimum Gasteiger partial charge on any atom is -0.494 e. The van der Waals surface area contributed by atoms with Crippen LogP contribution >= 0.6 is 11.6 Å². The van der Waals surface area contributed by atoms with Gasteiger partial charge in [-0.2, -0.15) is 0 Å². The number of carbonyl (C=O) groups is 1. The number of aliphatic hydroxyl groups excluding tert-OH is 1. The fourth-order valence-corrected chi connectivity index (χ4v) is 4.79. The molecule has 194 valence electrons. The standard InChI is InChI=1S/C28H26ClFN2O4.H2O/c29-19-5-12-25-24(17-19)23-13-14-32(28(34)36-22-10-6-20(30)7-11-22)27(26(23)31-25)18-3-8-21(9-4-18)35-16-2-1-15-33;/h3-12,17,27,31,33H,1-2,13-16H2;1H2/t27-;/m0./s1. The van der Waals surface area contributed by atoms with Gasteiger partial charge in [-0.1, -0.05) is 23.7 Å². The van der Waals surface area contributed by atoms with Gasteiger partial charge < -0.3 is 25.0 Å². The number of hydrogen-bond donors (Lipinski definition) is 2. The van der Waals surface area contributed by atoms with Crippen molar-refractivity contribution in [3.63, 3.8) is 0 Å². The third-order valence-corrected chi connectivity index (χ3v) is 6.59. The van der Waals surface area contributed by atoms with Crippen LogP contribution < -0.4 is 9.47 Å². The lowest BCUT2D eigenvalue weighted by Gasteiger charge is -2.35. The number of H-pyrrole nitrogens is 1. The van der Waals surface area contributed by atoms with E-state index in [0.29, 0.717) is 31.0 Å². The number of aromatic amines is 1. The predicted molar refractivity (Wildman–Crippen MR) is 140 cm³/mol. The van der Waals surface area contributed by atoms with Crippen LogP contribution in [0.5, 0.6) is 11.5 Å². The van der Waals surface area contributed by atoms with Crippen LogP contribution in [-0.2, 0) is 6.42 Å². The average Bonchev–Trinajstić information content (AvgIpc) is 3.25. The summed E-state index contributed by atoms with van der Waals surface area (Å²) >= 11 is 6.28. The van der Waals surface area contributed by atoms with Gasteiger partial charge in [-0.3, -0.25) is 4.90 Å². The predicted octanol–water partition coefficient (Wildman–Crippen LogP) is 5.43. The molecule has 1 amide bonds. The second-order valence-corrected chi connectivity index (χ2v) is 9.16. The van der Waals surface area contributed by atoms with Crippen molar-refractivity contribution in [3.05, 3.63) is 94.4 Å². The van der Waals surface area contributed by atoms with Crippen LogP contribution in [0.2, 0.25) is 5.02 Å². The van der Waals surface area contributed by atoms with Crippen molar-refractivity contribution < 1.29 is 29.2 Å². The largest absolute Gasteiger partial charge is 0.494 e. The smallest absolute Gasteiger partial charge is 0.416 e. The summed E-state index contributed by atoms with van der Waals surface area (Å²) in [5.41, 5.74) is 3.87. The summed E-state index contributed by atoms with van der Waals surface area (Å²) in [7, 11) is 0. The van der Waals surface area contributed by atoms with Gasteiger partial charge in [-0.05, 0) is 85.0 Å². The number of nitrogens with one attached hydrogen (secondary N) is 1. The molecule has 1 aliphatic rings. The van der Waals surface area contributed by atoms with E-state index in [1.165, 1.54) is 24.3 Å². The SMILES string of the molecule is O.O=C(Oc1ccc(F)cc1)N1CCc2c([nH]c3ccc(Cl)cc23)[C@@H]1c1ccc(OCCCCO)cc1. The third-order valence-electron chi connectivity index (χ3n) is 6.36. The first-order valence-corrected chi connectivity index (χ1v) is 12.3. The van der Waals surface area contributed by atoms with Crippen LogP contribution in [0.4, 0.5) is 9.18 Å². The number of carbonyl (C=O) groups excluding carboxylic acids is 1. The Bertz CT molecular complexity index is 1360. The zero-order chi connectivity index (χ0) is 25.1. The monoisotopic (exact) mass is 526 g/mol. The van der Waals surface area contributed by atoms with Gasteiger partial charge in [0.2, 0.25) is 0 Å². The minimum absolute atomic E-state index is 0. The van der Waals surface area contributed by atoms with Gasteiger partial charge in [0.15, 0.2) is 0 Å². The summed E-state index contributed by atoms with van der Waals surface area (Å²) < 4.78 is 24.7. The Labute approximate surface area is 218 Å². The van der Waals surface area contributed by atoms with Crippen molar-refractivity contribution >= 4 is 28.6 Å². The molecule has 0 aliphatic carbocycles. The molecule has 0 bridgehead atoms. The molecule has 4 aromatic rings. The maximum Gasteiger partial charge on any atom is 0.416 e. The number of halogens is 2. The highest BCUT2D eigenvalue weighted by atomic mass is 35.5. The summed E-state index contributed by atoms with van der Waals surface area (Å²) in [5.74, 6) is 0.600. The Hall–Kier alpha value is -3.59. The molecule has 3 aromatic carbocycles. The van der Waals surface area contributed by atoms with Gasteiger partial charge >= 0.3 is 6.09 Å². The molecule has 1 aromatic heterocycles. The van der Waals surface area contributed by atoms with E-state index in [4.69, 9.17) is 26.2 Å². The van der Waals surface area contributed by atoms with Crippen molar-refractivity contribution in [1.29, 1.82) is 0 Å². The number of fused-ring (bicyclic) bond motifs is 3. The van der Waals surface area contributed by atoms with Crippen molar-refractivity contribution in [2.45, 2.75) is 25.3 Å². The zero-order valence-corrected chi connectivity index (χ0v) is 20.8. The summed E-state index contributed by atoms with van der Waals surface area (Å²) in [6.07, 6.45) is 1.58. The van der Waals surface area contributed by atoms with Gasteiger partial charge in [0.25, 0.3) is 0 Å². The molecule has 37 heavy (non-hydrogen) atoms. The number of unbranched alkanes of at least 4 members (excludes halogenated alkanes) is 1. The fraction of sp³-hybridized carbons (Fsp3) is 0.250. The van der Waals surface area contributed by atoms with E-state index < -0.39 is 18.0 Å². The van der Waals surface area contributed by atoms with E-state index in [1.54, 1.807) is 4.90 Å². The second kappa shape index (κ2) is 11.6. The maximum atomic E-state index is 13.3. The first-order valence-electron chi connectivity index (χ1n) is 11.9. The highest BCUT2D eigenvalue weighted by Gasteiger charge is 2.35. The molecule has 0 saturated heterocycles. The number of nitrogens with zero attached hydrogens (tertiary/aromatic N) is 1. The van der Waals surface area contributed by atoms with Crippen LogP contribution in [0.25, 0.3) is 10.9 Å². The molecule has 0 saturated carbocycles. The molecule has 9 heteroatoms. The van der Waals surface area contributed by atoms with Crippen molar-refractivity contribution in [2.75, 3.05) is 19.8 Å². The lowest BCUT2D eigenvalue weighted by molar-refractivity contribution is 0.135. The fourth-order valence-electron chi connectivity index (χ4n) is 4.62. The number of hydrogen-bond acceptors (Lipinski definition) is 4. The van der Waals surface area contributed by atoms with Crippen LogP contribution in [0, 0.1) is 5.82 Å². The molecular weight excluding hydrogens is 499 g/mol. The topological polar surface area (TPSA) is 106 Å². The lowest BCUT2D eigenvalue weighted by Crippen LogP contribution is -2.42. The lowest BCUT2D eigenvalue weighted by atomic mass is 9.92. The van der Waals surface area contributed by atoms with E-state index in [-0.39, 0.29) is 17.8 Å². The second-order valence-electron chi connectivity index (χ2n) is 8.72. The van der Waals surface area contributed by atoms with Crippen molar-refractivity contribution in [1.82, 2.24) is 9.88 Å².